The fourth-order valence-electron chi connectivity index (χ4n) is 3.75. The summed E-state index contributed by atoms with van der Waals surface area (Å²) in [7, 11) is 1.96. The summed E-state index contributed by atoms with van der Waals surface area (Å²) in [6.45, 7) is 2.56. The number of aryl methyl sites for hydroxylation is 1. The summed E-state index contributed by atoms with van der Waals surface area (Å²) in [5, 5.41) is 0. The Morgan fingerprint density at radius 3 is 2.52 bits per heavy atom. The lowest BCUT2D eigenvalue weighted by Crippen LogP contribution is -2.30. The number of carbonyl (C=O) groups excluding carboxylic acids is 1. The highest BCUT2D eigenvalue weighted by atomic mass is 16.5. The van der Waals surface area contributed by atoms with Crippen molar-refractivity contribution in [1.82, 2.24) is 14.5 Å². The van der Waals surface area contributed by atoms with E-state index in [0.29, 0.717) is 31.0 Å². The zero-order valence-electron chi connectivity index (χ0n) is 17.2. The third-order valence-corrected chi connectivity index (χ3v) is 5.57. The number of pyridine rings is 1. The van der Waals surface area contributed by atoms with Crippen molar-refractivity contribution in [2.75, 3.05) is 6.61 Å². The highest BCUT2D eigenvalue weighted by Crippen LogP contribution is 2.30. The Balaban J connectivity index is 1.29. The van der Waals surface area contributed by atoms with E-state index in [1.807, 2.05) is 24.6 Å². The van der Waals surface area contributed by atoms with E-state index in [4.69, 9.17) is 19.9 Å². The van der Waals surface area contributed by atoms with E-state index in [1.54, 1.807) is 6.20 Å². The molecule has 2 aliphatic carbocycles. The summed E-state index contributed by atoms with van der Waals surface area (Å²) in [5.74, 6) is 0.531. The van der Waals surface area contributed by atoms with Crippen LogP contribution in [0.1, 0.15) is 51.9 Å². The molecule has 1 amide bonds. The Hall–Kier alpha value is -2.35. The van der Waals surface area contributed by atoms with Crippen LogP contribution in [-0.2, 0) is 16.6 Å². The van der Waals surface area contributed by atoms with Crippen LogP contribution in [0.3, 0.4) is 0 Å². The number of hydrogen-bond acceptors (Lipinski definition) is 6. The van der Waals surface area contributed by atoms with Gasteiger partial charge in [-0.1, -0.05) is 6.92 Å². The number of nitrogens with zero attached hydrogens (tertiary/aromatic N) is 3. The summed E-state index contributed by atoms with van der Waals surface area (Å²) < 4.78 is 19.9. The van der Waals surface area contributed by atoms with E-state index in [0.717, 1.165) is 49.6 Å². The zero-order chi connectivity index (χ0) is 20.4. The van der Waals surface area contributed by atoms with Crippen molar-refractivity contribution in [1.29, 1.82) is 0 Å². The van der Waals surface area contributed by atoms with Crippen LogP contribution in [0.2, 0.25) is 0 Å². The smallest absolute Gasteiger partial charge is 0.297 e. The second-order valence-corrected chi connectivity index (χ2v) is 8.41. The highest BCUT2D eigenvalue weighted by Gasteiger charge is 2.26. The number of ether oxygens (including phenoxy) is 3. The average molecular weight is 402 g/mol. The van der Waals surface area contributed by atoms with E-state index >= 15 is 0 Å². The highest BCUT2D eigenvalue weighted by molar-refractivity contribution is 5.76. The molecule has 4 rings (SSSR count). The molecule has 2 fully saturated rings. The van der Waals surface area contributed by atoms with Gasteiger partial charge in [0.1, 0.15) is 17.7 Å². The second kappa shape index (κ2) is 8.57. The maximum Gasteiger partial charge on any atom is 0.297 e. The van der Waals surface area contributed by atoms with Crippen LogP contribution in [-0.4, -0.2) is 45.4 Å². The number of amides is 1. The van der Waals surface area contributed by atoms with E-state index < -0.39 is 0 Å². The minimum absolute atomic E-state index is 0.128. The van der Waals surface area contributed by atoms with Gasteiger partial charge < -0.3 is 19.9 Å². The van der Waals surface area contributed by atoms with Crippen LogP contribution >= 0.6 is 0 Å². The van der Waals surface area contributed by atoms with Crippen LogP contribution in [0.25, 0.3) is 11.0 Å². The largest absolute Gasteiger partial charge is 0.474 e. The summed E-state index contributed by atoms with van der Waals surface area (Å²) in [5.41, 5.74) is 7.01. The van der Waals surface area contributed by atoms with Gasteiger partial charge in [0.2, 0.25) is 11.8 Å². The first-order chi connectivity index (χ1) is 14.0. The molecule has 0 unspecified atom stereocenters. The molecule has 2 aliphatic rings. The molecule has 0 saturated heterocycles. The number of aromatic nitrogens is 3. The van der Waals surface area contributed by atoms with Gasteiger partial charge in [0.15, 0.2) is 0 Å². The number of nitrogens with two attached hydrogens (primary N) is 1. The molecule has 2 aromatic heterocycles. The number of imidazole rings is 1. The van der Waals surface area contributed by atoms with Gasteiger partial charge in [0.05, 0.1) is 17.8 Å². The van der Waals surface area contributed by atoms with Crippen LogP contribution in [0.15, 0.2) is 12.3 Å². The topological polar surface area (TPSA) is 101 Å². The normalized spacial score (nSPS) is 23.1. The molecule has 0 aliphatic heterocycles. The van der Waals surface area contributed by atoms with Crippen molar-refractivity contribution in [2.24, 2.45) is 18.7 Å². The van der Waals surface area contributed by atoms with Crippen molar-refractivity contribution in [2.45, 2.75) is 70.2 Å². The van der Waals surface area contributed by atoms with Crippen molar-refractivity contribution in [3.63, 3.8) is 0 Å². The maximum absolute atomic E-state index is 11.0. The second-order valence-electron chi connectivity index (χ2n) is 8.41. The summed E-state index contributed by atoms with van der Waals surface area (Å²) in [6.07, 6.45) is 8.73. The van der Waals surface area contributed by atoms with Gasteiger partial charge >= 0.3 is 0 Å². The standard InChI is InChI=1S/C21H30N4O4/c1-13(9-19(22)26)12-27-14-3-5-16(6-4-14)29-21-24-17-11-23-20(28-15-7-8-15)10-18(17)25(21)2/h10-11,13-16H,3-9,12H2,1-2H3,(H2,22,26)/t13-,14?,16?/m1/s1. The van der Waals surface area contributed by atoms with E-state index in [9.17, 15) is 4.79 Å². The number of primary amides is 1. The predicted molar refractivity (Wildman–Crippen MR) is 108 cm³/mol. The molecular weight excluding hydrogens is 372 g/mol. The summed E-state index contributed by atoms with van der Waals surface area (Å²) >= 11 is 0. The molecule has 8 nitrogen and oxygen atoms in total. The molecule has 0 radical (unpaired) electrons. The lowest BCUT2D eigenvalue weighted by molar-refractivity contribution is -0.119. The number of carbonyl (C=O) groups is 1. The van der Waals surface area contributed by atoms with Gasteiger partial charge in [-0.3, -0.25) is 9.36 Å². The SMILES string of the molecule is C[C@@H](COC1CCC(Oc2nc3cnc(OC4CC4)cc3n2C)CC1)CC(N)=O. The van der Waals surface area contributed by atoms with E-state index in [2.05, 4.69) is 9.97 Å². The minimum atomic E-state index is -0.276. The molecule has 0 bridgehead atoms. The first kappa shape index (κ1) is 19.9. The summed E-state index contributed by atoms with van der Waals surface area (Å²) in [4.78, 5) is 19.9. The average Bonchev–Trinajstić information content (AvgIpc) is 3.45. The van der Waals surface area contributed by atoms with Gasteiger partial charge in [-0.05, 0) is 44.4 Å². The molecule has 158 valence electrons. The Bertz CT molecular complexity index is 856. The monoisotopic (exact) mass is 402 g/mol. The Morgan fingerprint density at radius 2 is 1.83 bits per heavy atom. The summed E-state index contributed by atoms with van der Waals surface area (Å²) in [6, 6.07) is 2.55. The van der Waals surface area contributed by atoms with Crippen molar-refractivity contribution in [3.8, 4) is 11.9 Å². The molecule has 29 heavy (non-hydrogen) atoms. The lowest BCUT2D eigenvalue weighted by atomic mass is 9.95. The van der Waals surface area contributed by atoms with E-state index in [-0.39, 0.29) is 24.0 Å². The van der Waals surface area contributed by atoms with Crippen LogP contribution in [0, 0.1) is 5.92 Å². The first-order valence-corrected chi connectivity index (χ1v) is 10.5. The molecule has 8 heteroatoms. The van der Waals surface area contributed by atoms with Gasteiger partial charge in [-0.2, -0.15) is 4.98 Å². The van der Waals surface area contributed by atoms with Gasteiger partial charge in [-0.15, -0.1) is 0 Å². The van der Waals surface area contributed by atoms with Crippen LogP contribution in [0.4, 0.5) is 0 Å². The van der Waals surface area contributed by atoms with Gasteiger partial charge in [0.25, 0.3) is 6.01 Å². The molecule has 2 heterocycles. The quantitative estimate of drug-likeness (QED) is 0.692. The van der Waals surface area contributed by atoms with Crippen molar-refractivity contribution < 1.29 is 19.0 Å². The molecule has 2 saturated carbocycles. The van der Waals surface area contributed by atoms with Crippen molar-refractivity contribution in [3.05, 3.63) is 12.3 Å². The number of fused-ring (bicyclic) bond motifs is 1. The Labute approximate surface area is 170 Å². The fourth-order valence-corrected chi connectivity index (χ4v) is 3.75. The Kier molecular flexibility index (Phi) is 5.89. The zero-order valence-corrected chi connectivity index (χ0v) is 17.2. The van der Waals surface area contributed by atoms with Crippen LogP contribution < -0.4 is 15.2 Å². The van der Waals surface area contributed by atoms with Gasteiger partial charge in [-0.25, -0.2) is 4.98 Å². The van der Waals surface area contributed by atoms with Crippen LogP contribution in [0.5, 0.6) is 11.9 Å². The molecule has 0 aromatic carbocycles. The third-order valence-electron chi connectivity index (χ3n) is 5.57. The molecule has 2 aromatic rings. The predicted octanol–water partition coefficient (Wildman–Crippen LogP) is 2.73. The first-order valence-electron chi connectivity index (χ1n) is 10.5. The van der Waals surface area contributed by atoms with Crippen molar-refractivity contribution >= 4 is 16.9 Å². The molecule has 1 atom stereocenters. The number of hydrogen-bond donors (Lipinski definition) is 1. The maximum atomic E-state index is 11.0. The third kappa shape index (κ3) is 5.18. The lowest BCUT2D eigenvalue weighted by Gasteiger charge is -2.29. The van der Waals surface area contributed by atoms with E-state index in [1.165, 1.54) is 0 Å². The fraction of sp³-hybridized carbons (Fsp3) is 0.667. The van der Waals surface area contributed by atoms with Gasteiger partial charge in [0, 0.05) is 26.1 Å². The minimum Gasteiger partial charge on any atom is -0.474 e. The number of rotatable bonds is 9. The Morgan fingerprint density at radius 1 is 1.17 bits per heavy atom. The molecular formula is C21H30N4O4. The molecule has 0 spiro atoms. The molecule has 2 N–H and O–H groups in total.